The predicted molar refractivity (Wildman–Crippen MR) is 131 cm³/mol. The first-order chi connectivity index (χ1) is 16.6. The predicted octanol–water partition coefficient (Wildman–Crippen LogP) is 2.63. The van der Waals surface area contributed by atoms with Gasteiger partial charge >= 0.3 is 0 Å². The molecule has 3 N–H and O–H groups in total. The lowest BCUT2D eigenvalue weighted by atomic mass is 9.98. The zero-order valence-corrected chi connectivity index (χ0v) is 19.2. The van der Waals surface area contributed by atoms with Crippen molar-refractivity contribution in [3.63, 3.8) is 0 Å². The largest absolute Gasteiger partial charge is 0.487 e. The second-order valence-corrected chi connectivity index (χ2v) is 7.69. The number of allylic oxidation sites excluding steroid dienone is 2. The molecule has 176 valence electrons. The second kappa shape index (κ2) is 11.9. The third-order valence-corrected chi connectivity index (χ3v) is 5.62. The molecule has 0 saturated heterocycles. The number of rotatable bonds is 9. The van der Waals surface area contributed by atoms with Crippen LogP contribution in [0.4, 0.5) is 0 Å². The first-order valence-corrected chi connectivity index (χ1v) is 11.0. The molecule has 0 radical (unpaired) electrons. The van der Waals surface area contributed by atoms with Crippen LogP contribution in [0.1, 0.15) is 22.3 Å². The maximum atomic E-state index is 12.5. The Morgan fingerprint density at radius 3 is 2.74 bits per heavy atom. The number of nitrogens with zero attached hydrogens (tertiary/aromatic N) is 1. The summed E-state index contributed by atoms with van der Waals surface area (Å²) in [5.41, 5.74) is 5.95. The van der Waals surface area contributed by atoms with Gasteiger partial charge in [0.05, 0.1) is 11.6 Å². The number of carbonyl (C=O) groups is 2. The molecule has 4 rings (SSSR count). The molecule has 2 aromatic rings. The van der Waals surface area contributed by atoms with Gasteiger partial charge in [0.1, 0.15) is 18.7 Å². The molecule has 0 bridgehead atoms. The Balaban J connectivity index is 0.00000158. The highest BCUT2D eigenvalue weighted by Gasteiger charge is 2.32. The number of hydrogen-bond acceptors (Lipinski definition) is 6. The molecule has 2 aliphatic heterocycles. The van der Waals surface area contributed by atoms with E-state index in [0.29, 0.717) is 42.2 Å². The number of ether oxygens (including phenoxy) is 1. The molecule has 0 aliphatic carbocycles. The molecule has 1 atom stereocenters. The van der Waals surface area contributed by atoms with Gasteiger partial charge in [0.2, 0.25) is 0 Å². The highest BCUT2D eigenvalue weighted by Crippen LogP contribution is 2.37. The van der Waals surface area contributed by atoms with E-state index in [1.165, 1.54) is 0 Å². The number of aliphatic hydroxyl groups excluding tert-OH is 1. The summed E-state index contributed by atoms with van der Waals surface area (Å²) < 4.78 is 5.92. The quantitative estimate of drug-likeness (QED) is 0.394. The summed E-state index contributed by atoms with van der Waals surface area (Å²) in [7, 11) is 1.00. The van der Waals surface area contributed by atoms with Crippen molar-refractivity contribution in [2.75, 3.05) is 13.7 Å². The van der Waals surface area contributed by atoms with Crippen LogP contribution in [0, 0.1) is 0 Å². The van der Waals surface area contributed by atoms with E-state index in [9.17, 15) is 9.59 Å². The minimum atomic E-state index is -0.252. The number of aliphatic hydroxyl groups is 1. The molecule has 0 spiro atoms. The third-order valence-electron chi connectivity index (χ3n) is 5.62. The van der Waals surface area contributed by atoms with Crippen molar-refractivity contribution in [3.05, 3.63) is 107 Å². The number of nitrogens with one attached hydrogen (secondary N) is 2. The molecule has 7 nitrogen and oxygen atoms in total. The Kier molecular flexibility index (Phi) is 8.67. The fourth-order valence-corrected chi connectivity index (χ4v) is 4.03. The van der Waals surface area contributed by atoms with E-state index in [1.54, 1.807) is 24.5 Å². The van der Waals surface area contributed by atoms with E-state index in [0.717, 1.165) is 42.1 Å². The summed E-state index contributed by atoms with van der Waals surface area (Å²) in [6.45, 7) is 8.66. The van der Waals surface area contributed by atoms with Gasteiger partial charge in [-0.15, -0.1) is 0 Å². The molecule has 3 heterocycles. The lowest BCUT2D eigenvalue weighted by molar-refractivity contribution is -0.116. The fraction of sp³-hybridized carbons (Fsp3) is 0.222. The molecule has 0 saturated carbocycles. The van der Waals surface area contributed by atoms with Crippen molar-refractivity contribution >= 4 is 18.0 Å². The lowest BCUT2D eigenvalue weighted by Crippen LogP contribution is -2.34. The Hall–Kier alpha value is -3.81. The summed E-state index contributed by atoms with van der Waals surface area (Å²) in [6, 6.07) is 9.71. The summed E-state index contributed by atoms with van der Waals surface area (Å²) in [4.78, 5) is 28.0. The van der Waals surface area contributed by atoms with E-state index in [2.05, 4.69) is 34.8 Å². The first kappa shape index (κ1) is 24.8. The van der Waals surface area contributed by atoms with Crippen LogP contribution in [-0.2, 0) is 33.8 Å². The van der Waals surface area contributed by atoms with Crippen LogP contribution in [0.5, 0.6) is 0 Å². The molecular weight excluding hydrogens is 430 g/mol. The number of carbonyl (C=O) groups excluding carboxylic acids is 2. The SMILES string of the molecule is C=CC1=C(C=C)/C(=C2\OCc3cc(CCNC(C=O)Cc4cccnc4)ccc32)C(=O)N1.CO. The highest BCUT2D eigenvalue weighted by atomic mass is 16.5. The normalized spacial score (nSPS) is 17.2. The molecule has 1 aromatic carbocycles. The Morgan fingerprint density at radius 1 is 1.24 bits per heavy atom. The monoisotopic (exact) mass is 459 g/mol. The fourth-order valence-electron chi connectivity index (χ4n) is 4.03. The van der Waals surface area contributed by atoms with Crippen molar-refractivity contribution in [2.24, 2.45) is 0 Å². The minimum Gasteiger partial charge on any atom is -0.487 e. The van der Waals surface area contributed by atoms with Gasteiger partial charge in [-0.3, -0.25) is 9.78 Å². The van der Waals surface area contributed by atoms with E-state index < -0.39 is 0 Å². The average molecular weight is 460 g/mol. The average Bonchev–Trinajstić information content (AvgIpc) is 3.44. The van der Waals surface area contributed by atoms with E-state index in [-0.39, 0.29) is 11.9 Å². The van der Waals surface area contributed by atoms with E-state index in [1.807, 2.05) is 24.3 Å². The number of aldehydes is 1. The third kappa shape index (κ3) is 5.39. The molecule has 34 heavy (non-hydrogen) atoms. The van der Waals surface area contributed by atoms with Gasteiger partial charge in [0, 0.05) is 41.9 Å². The van der Waals surface area contributed by atoms with Gasteiger partial charge in [-0.1, -0.05) is 43.5 Å². The summed E-state index contributed by atoms with van der Waals surface area (Å²) in [5.74, 6) is 0.367. The molecule has 1 amide bonds. The van der Waals surface area contributed by atoms with Crippen molar-refractivity contribution in [1.82, 2.24) is 15.6 Å². The van der Waals surface area contributed by atoms with Crippen LogP contribution in [0.25, 0.3) is 5.76 Å². The Bertz CT molecular complexity index is 1140. The van der Waals surface area contributed by atoms with Gasteiger partial charge < -0.3 is 25.3 Å². The van der Waals surface area contributed by atoms with Gasteiger partial charge in [-0.2, -0.15) is 0 Å². The first-order valence-electron chi connectivity index (χ1n) is 11.0. The summed E-state index contributed by atoms with van der Waals surface area (Å²) >= 11 is 0. The van der Waals surface area contributed by atoms with E-state index in [4.69, 9.17) is 9.84 Å². The number of hydrogen-bond donors (Lipinski definition) is 3. The summed E-state index contributed by atoms with van der Waals surface area (Å²) in [6.07, 6.45) is 9.08. The molecule has 1 aromatic heterocycles. The topological polar surface area (TPSA) is 101 Å². The molecular formula is C27H29N3O4. The van der Waals surface area contributed by atoms with Crippen LogP contribution < -0.4 is 10.6 Å². The minimum absolute atomic E-state index is 0.209. The van der Waals surface area contributed by atoms with E-state index >= 15 is 0 Å². The van der Waals surface area contributed by atoms with Crippen LogP contribution in [0.15, 0.2) is 84.9 Å². The van der Waals surface area contributed by atoms with Crippen molar-refractivity contribution in [3.8, 4) is 0 Å². The van der Waals surface area contributed by atoms with Crippen LogP contribution in [0.3, 0.4) is 0 Å². The standard InChI is InChI=1S/C26H25N3O3.CH4O/c1-3-21-23(4-2)29-26(31)24(21)25-22-8-7-17(12-19(22)16-32-25)9-11-28-20(15-30)13-18-6-5-10-27-14-18;1-2/h3-8,10,12,14-15,20,28H,1-2,9,11,13,16H2,(H,29,31);2H,1H3/b25-24+;. The Labute approximate surface area is 199 Å². The number of aromatic nitrogens is 1. The van der Waals surface area contributed by atoms with Crippen molar-refractivity contribution in [1.29, 1.82) is 0 Å². The van der Waals surface area contributed by atoms with Crippen molar-refractivity contribution in [2.45, 2.75) is 25.5 Å². The molecule has 1 unspecified atom stereocenters. The highest BCUT2D eigenvalue weighted by molar-refractivity contribution is 6.09. The lowest BCUT2D eigenvalue weighted by Gasteiger charge is -2.13. The molecule has 7 heteroatoms. The second-order valence-electron chi connectivity index (χ2n) is 7.69. The van der Waals surface area contributed by atoms with Crippen molar-refractivity contribution < 1.29 is 19.4 Å². The maximum Gasteiger partial charge on any atom is 0.260 e. The van der Waals surface area contributed by atoms with Crippen LogP contribution >= 0.6 is 0 Å². The molecule has 0 fully saturated rings. The van der Waals surface area contributed by atoms with Gasteiger partial charge in [-0.25, -0.2) is 0 Å². The zero-order chi connectivity index (χ0) is 24.5. The molecule has 2 aliphatic rings. The van der Waals surface area contributed by atoms with Crippen LogP contribution in [-0.4, -0.2) is 42.0 Å². The number of benzene rings is 1. The number of pyridine rings is 1. The smallest absolute Gasteiger partial charge is 0.260 e. The van der Waals surface area contributed by atoms with Gasteiger partial charge in [0.15, 0.2) is 0 Å². The zero-order valence-electron chi connectivity index (χ0n) is 19.2. The summed E-state index contributed by atoms with van der Waals surface area (Å²) in [5, 5.41) is 13.1. The number of fused-ring (bicyclic) bond motifs is 1. The van der Waals surface area contributed by atoms with Crippen LogP contribution in [0.2, 0.25) is 0 Å². The van der Waals surface area contributed by atoms with Gasteiger partial charge in [0.25, 0.3) is 5.91 Å². The number of amides is 1. The maximum absolute atomic E-state index is 12.5. The van der Waals surface area contributed by atoms with Gasteiger partial charge in [-0.05, 0) is 42.7 Å². The Morgan fingerprint density at radius 2 is 2.06 bits per heavy atom.